The van der Waals surface area contributed by atoms with Gasteiger partial charge in [0.15, 0.2) is 11.4 Å². The standard InChI is InChI=1S/C20H22O6/c1-18(2)11-6-19(24)7-14(22)20(25,16(11)17(19)23)12-8-26-13-5-9(21)3-4-10(13)15(12)18/h3-5,8,11,15-17,21,23-25H,6-7H2,1-2H3. The summed E-state index contributed by atoms with van der Waals surface area (Å²) in [5.41, 5.74) is -2.53. The molecule has 6 unspecified atom stereocenters. The Labute approximate surface area is 150 Å². The normalized spacial score (nSPS) is 44.7. The zero-order valence-electron chi connectivity index (χ0n) is 14.6. The SMILES string of the molecule is CC1(C)C2C(=COc3cc(O)ccc32)C2(O)C(=O)CC3(O)CC1C2C3O. The van der Waals surface area contributed by atoms with Gasteiger partial charge in [0, 0.05) is 35.5 Å². The van der Waals surface area contributed by atoms with E-state index < -0.39 is 34.4 Å². The molecule has 1 heterocycles. The molecule has 6 nitrogen and oxygen atoms in total. The molecule has 0 amide bonds. The molecule has 0 saturated heterocycles. The third-order valence-electron chi connectivity index (χ3n) is 7.34. The number of carbonyl (C=O) groups is 1. The Morgan fingerprint density at radius 2 is 1.96 bits per heavy atom. The predicted octanol–water partition coefficient (Wildman–Crippen LogP) is 1.22. The van der Waals surface area contributed by atoms with Crippen LogP contribution in [0.5, 0.6) is 11.5 Å². The zero-order valence-corrected chi connectivity index (χ0v) is 14.6. The van der Waals surface area contributed by atoms with E-state index in [4.69, 9.17) is 4.74 Å². The molecule has 1 aliphatic heterocycles. The Hall–Kier alpha value is -1.89. The summed E-state index contributed by atoms with van der Waals surface area (Å²) in [5.74, 6) is -1.19. The third-order valence-corrected chi connectivity index (χ3v) is 7.34. The molecular weight excluding hydrogens is 336 g/mol. The fourth-order valence-electron chi connectivity index (χ4n) is 6.11. The van der Waals surface area contributed by atoms with Crippen LogP contribution >= 0.6 is 0 Å². The minimum absolute atomic E-state index is 0.0772. The topological polar surface area (TPSA) is 107 Å². The average Bonchev–Trinajstić information content (AvgIpc) is 2.79. The molecular formula is C20H22O6. The van der Waals surface area contributed by atoms with Crippen molar-refractivity contribution >= 4 is 5.78 Å². The molecule has 3 fully saturated rings. The van der Waals surface area contributed by atoms with Gasteiger partial charge in [0.25, 0.3) is 0 Å². The number of ketones is 1. The molecule has 4 aliphatic rings. The van der Waals surface area contributed by atoms with Crippen LogP contribution in [0, 0.1) is 17.3 Å². The van der Waals surface area contributed by atoms with Crippen molar-refractivity contribution in [3.63, 3.8) is 0 Å². The summed E-state index contributed by atoms with van der Waals surface area (Å²) in [5, 5.41) is 42.9. The van der Waals surface area contributed by atoms with Crippen molar-refractivity contribution in [3.05, 3.63) is 35.6 Å². The molecule has 1 aromatic carbocycles. The number of aliphatic hydroxyl groups excluding tert-OH is 1. The van der Waals surface area contributed by atoms with Gasteiger partial charge in [-0.15, -0.1) is 0 Å². The largest absolute Gasteiger partial charge is 0.508 e. The first kappa shape index (κ1) is 16.3. The lowest BCUT2D eigenvalue weighted by Crippen LogP contribution is -2.66. The highest BCUT2D eigenvalue weighted by atomic mass is 16.5. The van der Waals surface area contributed by atoms with E-state index in [2.05, 4.69) is 0 Å². The maximum Gasteiger partial charge on any atom is 0.172 e. The summed E-state index contributed by atoms with van der Waals surface area (Å²) in [7, 11) is 0. The Bertz CT molecular complexity index is 873. The summed E-state index contributed by atoms with van der Waals surface area (Å²) >= 11 is 0. The van der Waals surface area contributed by atoms with Gasteiger partial charge in [0.1, 0.15) is 11.5 Å². The minimum atomic E-state index is -1.84. The Kier molecular flexibility index (Phi) is 2.82. The Balaban J connectivity index is 1.77. The van der Waals surface area contributed by atoms with Gasteiger partial charge in [-0.2, -0.15) is 0 Å². The Morgan fingerprint density at radius 3 is 2.69 bits per heavy atom. The molecule has 3 aliphatic carbocycles. The van der Waals surface area contributed by atoms with E-state index >= 15 is 0 Å². The van der Waals surface area contributed by atoms with Crippen molar-refractivity contribution < 1.29 is 30.0 Å². The predicted molar refractivity (Wildman–Crippen MR) is 90.5 cm³/mol. The average molecular weight is 358 g/mol. The van der Waals surface area contributed by atoms with Crippen LogP contribution in [0.1, 0.15) is 38.2 Å². The van der Waals surface area contributed by atoms with Crippen molar-refractivity contribution in [1.29, 1.82) is 0 Å². The van der Waals surface area contributed by atoms with E-state index in [-0.39, 0.29) is 30.4 Å². The van der Waals surface area contributed by atoms with Gasteiger partial charge in [-0.25, -0.2) is 0 Å². The highest BCUT2D eigenvalue weighted by Crippen LogP contribution is 2.69. The van der Waals surface area contributed by atoms with E-state index in [1.165, 1.54) is 12.3 Å². The van der Waals surface area contributed by atoms with Crippen molar-refractivity contribution in [2.24, 2.45) is 17.3 Å². The van der Waals surface area contributed by atoms with Crippen LogP contribution < -0.4 is 4.74 Å². The van der Waals surface area contributed by atoms with Gasteiger partial charge in [0.05, 0.1) is 18.0 Å². The molecule has 4 N–H and O–H groups in total. The van der Waals surface area contributed by atoms with E-state index in [0.29, 0.717) is 11.3 Å². The van der Waals surface area contributed by atoms with Gasteiger partial charge in [0.2, 0.25) is 0 Å². The first-order valence-electron chi connectivity index (χ1n) is 8.97. The van der Waals surface area contributed by atoms with E-state index in [0.717, 1.165) is 5.56 Å². The summed E-state index contributed by atoms with van der Waals surface area (Å²) in [6.07, 6.45) is 0.258. The van der Waals surface area contributed by atoms with Gasteiger partial charge in [-0.05, 0) is 23.8 Å². The number of carbonyl (C=O) groups excluding carboxylic acids is 1. The fourth-order valence-corrected chi connectivity index (χ4v) is 6.11. The minimum Gasteiger partial charge on any atom is -0.508 e. The van der Waals surface area contributed by atoms with Crippen molar-refractivity contribution in [1.82, 2.24) is 0 Å². The van der Waals surface area contributed by atoms with E-state index in [1.54, 1.807) is 12.1 Å². The zero-order chi connectivity index (χ0) is 18.6. The van der Waals surface area contributed by atoms with E-state index in [1.807, 2.05) is 13.8 Å². The van der Waals surface area contributed by atoms with Gasteiger partial charge >= 0.3 is 0 Å². The van der Waals surface area contributed by atoms with Crippen molar-refractivity contribution in [2.45, 2.75) is 49.9 Å². The highest BCUT2D eigenvalue weighted by Gasteiger charge is 2.74. The lowest BCUT2D eigenvalue weighted by atomic mass is 9.49. The van der Waals surface area contributed by atoms with Crippen molar-refractivity contribution in [2.75, 3.05) is 0 Å². The van der Waals surface area contributed by atoms with Crippen LogP contribution in [0.4, 0.5) is 0 Å². The maximum absolute atomic E-state index is 12.9. The first-order chi connectivity index (χ1) is 12.1. The lowest BCUT2D eigenvalue weighted by Gasteiger charge is -2.57. The van der Waals surface area contributed by atoms with E-state index in [9.17, 15) is 25.2 Å². The van der Waals surface area contributed by atoms with Crippen LogP contribution in [0.3, 0.4) is 0 Å². The molecule has 138 valence electrons. The number of aliphatic hydroxyl groups is 3. The second-order valence-corrected chi connectivity index (χ2v) is 8.92. The fraction of sp³-hybridized carbons (Fsp3) is 0.550. The molecule has 6 heteroatoms. The number of Topliss-reactive ketones (excluding diaryl/α,β-unsaturated/α-hetero) is 1. The molecule has 0 spiro atoms. The molecule has 1 aromatic rings. The number of phenolic OH excluding ortho intramolecular Hbond substituents is 1. The molecule has 6 atom stereocenters. The molecule has 0 radical (unpaired) electrons. The highest BCUT2D eigenvalue weighted by molar-refractivity contribution is 5.94. The van der Waals surface area contributed by atoms with Crippen LogP contribution in [0.15, 0.2) is 30.0 Å². The number of aromatic hydroxyl groups is 1. The summed E-state index contributed by atoms with van der Waals surface area (Å²) in [6.45, 7) is 4.08. The number of hydrogen-bond acceptors (Lipinski definition) is 6. The third kappa shape index (κ3) is 1.61. The Morgan fingerprint density at radius 1 is 1.23 bits per heavy atom. The summed E-state index contributed by atoms with van der Waals surface area (Å²) in [4.78, 5) is 12.9. The maximum atomic E-state index is 12.9. The first-order valence-corrected chi connectivity index (χ1v) is 8.97. The number of hydrogen-bond donors (Lipinski definition) is 4. The van der Waals surface area contributed by atoms with Crippen LogP contribution in [-0.2, 0) is 4.79 Å². The smallest absolute Gasteiger partial charge is 0.172 e. The molecule has 2 bridgehead atoms. The second kappa shape index (κ2) is 4.50. The monoisotopic (exact) mass is 358 g/mol. The molecule has 3 saturated carbocycles. The number of phenols is 1. The van der Waals surface area contributed by atoms with Crippen LogP contribution in [-0.4, -0.2) is 43.5 Å². The molecule has 26 heavy (non-hydrogen) atoms. The number of ether oxygens (including phenoxy) is 1. The van der Waals surface area contributed by atoms with Gasteiger partial charge in [-0.3, -0.25) is 4.79 Å². The quantitative estimate of drug-likeness (QED) is 0.556. The summed E-state index contributed by atoms with van der Waals surface area (Å²) < 4.78 is 5.66. The van der Waals surface area contributed by atoms with Crippen LogP contribution in [0.2, 0.25) is 0 Å². The molecule has 5 rings (SSSR count). The lowest BCUT2D eigenvalue weighted by molar-refractivity contribution is -0.180. The van der Waals surface area contributed by atoms with Gasteiger partial charge < -0.3 is 25.2 Å². The molecule has 0 aromatic heterocycles. The number of rotatable bonds is 0. The van der Waals surface area contributed by atoms with Gasteiger partial charge in [-0.1, -0.05) is 19.9 Å². The van der Waals surface area contributed by atoms with Crippen molar-refractivity contribution in [3.8, 4) is 11.5 Å². The summed E-state index contributed by atoms with van der Waals surface area (Å²) in [6, 6.07) is 4.84. The number of benzene rings is 1. The number of fused-ring (bicyclic) bond motifs is 5. The van der Waals surface area contributed by atoms with Crippen LogP contribution in [0.25, 0.3) is 0 Å². The second-order valence-electron chi connectivity index (χ2n) is 8.92.